The Bertz CT molecular complexity index is 1650. The molecule has 1 saturated heterocycles. The van der Waals surface area contributed by atoms with Gasteiger partial charge in [0.1, 0.15) is 11.7 Å². The number of hydrogen-bond acceptors (Lipinski definition) is 7. The van der Waals surface area contributed by atoms with E-state index in [1.54, 1.807) is 35.3 Å². The Kier molecular flexibility index (Phi) is 5.20. The topological polar surface area (TPSA) is 109 Å². The summed E-state index contributed by atoms with van der Waals surface area (Å²) in [5, 5.41) is 2.88. The van der Waals surface area contributed by atoms with Crippen molar-refractivity contribution >= 4 is 51.9 Å². The summed E-state index contributed by atoms with van der Waals surface area (Å²) in [6.45, 7) is 2.09. The highest BCUT2D eigenvalue weighted by Gasteiger charge is 2.42. The number of anilines is 1. The Morgan fingerprint density at radius 1 is 1.11 bits per heavy atom. The van der Waals surface area contributed by atoms with Crippen LogP contribution in [0, 0.1) is 0 Å². The van der Waals surface area contributed by atoms with E-state index in [-0.39, 0.29) is 17.1 Å². The number of nitrogens with one attached hydrogen (secondary N) is 1. The molecule has 4 aliphatic heterocycles. The molecule has 2 aromatic heterocycles. The smallest absolute Gasteiger partial charge is 0.261 e. The first kappa shape index (κ1) is 22.9. The summed E-state index contributed by atoms with van der Waals surface area (Å²) in [6, 6.07) is 8.59. The van der Waals surface area contributed by atoms with Gasteiger partial charge in [-0.2, -0.15) is 0 Å². The molecule has 3 amide bonds. The molecule has 4 aliphatic rings. The van der Waals surface area contributed by atoms with Gasteiger partial charge >= 0.3 is 0 Å². The van der Waals surface area contributed by atoms with Crippen LogP contribution in [0.4, 0.5) is 5.69 Å². The minimum Gasteiger partial charge on any atom is -0.378 e. The van der Waals surface area contributed by atoms with E-state index in [9.17, 15) is 14.4 Å². The van der Waals surface area contributed by atoms with Gasteiger partial charge < -0.3 is 14.5 Å². The van der Waals surface area contributed by atoms with Gasteiger partial charge in [-0.25, -0.2) is 4.98 Å². The highest BCUT2D eigenvalue weighted by molar-refractivity contribution is 6.48. The number of fused-ring (bicyclic) bond motifs is 1. The quantitative estimate of drug-likeness (QED) is 0.521. The van der Waals surface area contributed by atoms with Crippen molar-refractivity contribution in [1.29, 1.82) is 0 Å². The summed E-state index contributed by atoms with van der Waals surface area (Å²) < 4.78 is 7.17. The molecule has 1 aromatic carbocycles. The second-order valence-electron chi connectivity index (χ2n) is 9.41. The summed E-state index contributed by atoms with van der Waals surface area (Å²) in [5.74, 6) is -1.08. The minimum absolute atomic E-state index is 0.000839. The summed E-state index contributed by atoms with van der Waals surface area (Å²) >= 11 is 6.56. The van der Waals surface area contributed by atoms with Crippen molar-refractivity contribution in [3.63, 3.8) is 0 Å². The number of aromatic nitrogens is 2. The van der Waals surface area contributed by atoms with Crippen molar-refractivity contribution < 1.29 is 19.1 Å². The van der Waals surface area contributed by atoms with E-state index in [0.717, 1.165) is 11.3 Å². The first-order valence-corrected chi connectivity index (χ1v) is 12.6. The van der Waals surface area contributed by atoms with Crippen LogP contribution in [0.1, 0.15) is 16.8 Å². The number of carbonyl (C=O) groups excluding carboxylic acids is 3. The summed E-state index contributed by atoms with van der Waals surface area (Å²) in [7, 11) is 0. The Morgan fingerprint density at radius 3 is 2.76 bits per heavy atom. The van der Waals surface area contributed by atoms with Crippen LogP contribution in [0.15, 0.2) is 65.7 Å². The van der Waals surface area contributed by atoms with Gasteiger partial charge in [0.2, 0.25) is 5.91 Å². The molecule has 10 nitrogen and oxygen atoms in total. The molecular weight excluding hydrogens is 508 g/mol. The number of halogens is 1. The highest BCUT2D eigenvalue weighted by Crippen LogP contribution is 2.42. The zero-order valence-electron chi connectivity index (χ0n) is 20.1. The molecule has 11 heteroatoms. The number of nitrogens with zero attached hydrogens (tertiary/aromatic N) is 5. The van der Waals surface area contributed by atoms with Crippen LogP contribution in [0.25, 0.3) is 11.2 Å². The molecular formula is C27H21ClN6O4. The number of hydrogen-bond donors (Lipinski definition) is 1. The lowest BCUT2D eigenvalue weighted by atomic mass is 9.94. The fraction of sp³-hybridized carbons (Fsp3) is 0.222. The summed E-state index contributed by atoms with van der Waals surface area (Å²) in [4.78, 5) is 52.6. The van der Waals surface area contributed by atoms with Crippen LogP contribution >= 0.6 is 11.6 Å². The fourth-order valence-corrected chi connectivity index (χ4v) is 5.87. The number of rotatable bonds is 3. The largest absolute Gasteiger partial charge is 0.378 e. The molecule has 38 heavy (non-hydrogen) atoms. The molecule has 0 bridgehead atoms. The third-order valence-electron chi connectivity index (χ3n) is 7.30. The molecule has 0 saturated carbocycles. The maximum Gasteiger partial charge on any atom is 0.261 e. The molecule has 1 atom stereocenters. The molecule has 0 aliphatic carbocycles. The van der Waals surface area contributed by atoms with Crippen molar-refractivity contribution in [2.24, 2.45) is 4.99 Å². The molecule has 0 radical (unpaired) electrons. The van der Waals surface area contributed by atoms with E-state index in [1.807, 2.05) is 34.1 Å². The second kappa shape index (κ2) is 8.64. The van der Waals surface area contributed by atoms with E-state index in [2.05, 4.69) is 15.3 Å². The van der Waals surface area contributed by atoms with Crippen LogP contribution in [0.3, 0.4) is 0 Å². The fourth-order valence-electron chi connectivity index (χ4n) is 5.63. The Labute approximate surface area is 221 Å². The van der Waals surface area contributed by atoms with Crippen LogP contribution < -0.4 is 10.2 Å². The minimum atomic E-state index is -0.552. The lowest BCUT2D eigenvalue weighted by Gasteiger charge is -2.32. The first-order valence-electron chi connectivity index (χ1n) is 12.3. The average molecular weight is 529 g/mol. The van der Waals surface area contributed by atoms with E-state index >= 15 is 0 Å². The molecule has 3 aromatic rings. The number of imidazole rings is 1. The standard InChI is InChI=1S/C27H21ClN6O4/c28-16-11-15-12-18(27(37)32-7-9-38-10-8-32)34-6-4-29-23(17(13-16)24(15)34)22-21(25(35)31-26(22)36)19-14-30-20-3-1-2-5-33(19)20/h1-6,11,13-14,18H,7-10,12H2,(H,31,35,36). The number of imide groups is 1. The van der Waals surface area contributed by atoms with Gasteiger partial charge in [0, 0.05) is 48.7 Å². The summed E-state index contributed by atoms with van der Waals surface area (Å²) in [6.07, 6.45) is 7.13. The molecule has 1 unspecified atom stereocenters. The number of ether oxygens (including phenoxy) is 1. The van der Waals surface area contributed by atoms with Gasteiger partial charge in [-0.3, -0.25) is 29.1 Å². The zero-order chi connectivity index (χ0) is 26.0. The zero-order valence-corrected chi connectivity index (χ0v) is 20.8. The van der Waals surface area contributed by atoms with Gasteiger partial charge in [-0.05, 0) is 29.8 Å². The third-order valence-corrected chi connectivity index (χ3v) is 7.51. The van der Waals surface area contributed by atoms with Crippen LogP contribution in [-0.4, -0.2) is 70.1 Å². The molecule has 190 valence electrons. The summed E-state index contributed by atoms with van der Waals surface area (Å²) in [5.41, 5.74) is 3.97. The van der Waals surface area contributed by atoms with Crippen LogP contribution in [-0.2, 0) is 25.5 Å². The lowest BCUT2D eigenvalue weighted by Crippen LogP contribution is -2.49. The first-order chi connectivity index (χ1) is 18.5. The van der Waals surface area contributed by atoms with E-state index in [1.165, 1.54) is 0 Å². The number of benzene rings is 1. The average Bonchev–Trinajstić information content (AvgIpc) is 3.55. The van der Waals surface area contributed by atoms with Crippen molar-refractivity contribution in [3.8, 4) is 0 Å². The van der Waals surface area contributed by atoms with Crippen molar-refractivity contribution in [2.45, 2.75) is 12.5 Å². The van der Waals surface area contributed by atoms with Gasteiger partial charge in [0.25, 0.3) is 11.8 Å². The predicted molar refractivity (Wildman–Crippen MR) is 140 cm³/mol. The van der Waals surface area contributed by atoms with E-state index in [0.29, 0.717) is 60.4 Å². The van der Waals surface area contributed by atoms with Gasteiger partial charge in [-0.15, -0.1) is 0 Å². The second-order valence-corrected chi connectivity index (χ2v) is 9.84. The Hall–Kier alpha value is -4.28. The maximum atomic E-state index is 13.5. The number of aliphatic imine (C=N–C) groups is 1. The molecule has 1 N–H and O–H groups in total. The van der Waals surface area contributed by atoms with Gasteiger partial charge in [0.05, 0.1) is 47.6 Å². The van der Waals surface area contributed by atoms with Gasteiger partial charge in [-0.1, -0.05) is 17.7 Å². The SMILES string of the molecule is O=C1NC(=O)C(c2cnc3ccccn23)=C1C1=NC=CN2c3c(cc(Cl)cc31)CC2C(=O)N1CCOCC1. The predicted octanol–water partition coefficient (Wildman–Crippen LogP) is 1.96. The number of pyridine rings is 1. The number of morpholine rings is 1. The Morgan fingerprint density at radius 2 is 1.92 bits per heavy atom. The number of amides is 3. The van der Waals surface area contributed by atoms with Gasteiger partial charge in [0.15, 0.2) is 0 Å². The van der Waals surface area contributed by atoms with Crippen LogP contribution in [0.5, 0.6) is 0 Å². The third kappa shape index (κ3) is 3.41. The number of carbonyl (C=O) groups is 3. The van der Waals surface area contributed by atoms with E-state index < -0.39 is 17.9 Å². The van der Waals surface area contributed by atoms with Crippen molar-refractivity contribution in [3.05, 3.63) is 82.5 Å². The van der Waals surface area contributed by atoms with Crippen molar-refractivity contribution in [1.82, 2.24) is 19.6 Å². The molecule has 7 rings (SSSR count). The monoisotopic (exact) mass is 528 g/mol. The highest BCUT2D eigenvalue weighted by atomic mass is 35.5. The normalized spacial score (nSPS) is 20.7. The molecule has 6 heterocycles. The lowest BCUT2D eigenvalue weighted by molar-refractivity contribution is -0.136. The molecule has 1 fully saturated rings. The van der Waals surface area contributed by atoms with Crippen molar-refractivity contribution in [2.75, 3.05) is 31.2 Å². The molecule has 0 spiro atoms. The van der Waals surface area contributed by atoms with E-state index in [4.69, 9.17) is 16.3 Å². The maximum absolute atomic E-state index is 13.5. The van der Waals surface area contributed by atoms with Crippen LogP contribution in [0.2, 0.25) is 5.02 Å². The Balaban J connectivity index is 1.38.